The van der Waals surface area contributed by atoms with Gasteiger partial charge < -0.3 is 10.6 Å². The summed E-state index contributed by atoms with van der Waals surface area (Å²) >= 11 is 1.34. The van der Waals surface area contributed by atoms with Gasteiger partial charge in [0.15, 0.2) is 16.8 Å². The largest absolute Gasteiger partial charge is 0.313 e. The zero-order valence-electron chi connectivity index (χ0n) is 12.4. The van der Waals surface area contributed by atoms with Crippen LogP contribution in [-0.4, -0.2) is 23.5 Å². The summed E-state index contributed by atoms with van der Waals surface area (Å²) < 4.78 is 26.1. The number of thiazole rings is 1. The van der Waals surface area contributed by atoms with Crippen molar-refractivity contribution in [1.82, 2.24) is 10.3 Å². The molecule has 1 aliphatic rings. The summed E-state index contributed by atoms with van der Waals surface area (Å²) in [6.07, 6.45) is 4.67. The second-order valence-electron chi connectivity index (χ2n) is 5.60. The molecule has 1 aromatic carbocycles. The van der Waals surface area contributed by atoms with Crippen LogP contribution in [0.4, 0.5) is 13.9 Å². The van der Waals surface area contributed by atoms with Crippen molar-refractivity contribution in [3.05, 3.63) is 46.5 Å². The van der Waals surface area contributed by atoms with Crippen LogP contribution in [-0.2, 0) is 11.2 Å². The summed E-state index contributed by atoms with van der Waals surface area (Å²) in [4.78, 5) is 17.0. The highest BCUT2D eigenvalue weighted by molar-refractivity contribution is 7.15. The Labute approximate surface area is 136 Å². The summed E-state index contributed by atoms with van der Waals surface area (Å²) in [6.45, 7) is 0.966. The number of benzene rings is 1. The van der Waals surface area contributed by atoms with Crippen molar-refractivity contribution in [3.63, 3.8) is 0 Å². The SMILES string of the molecule is O=C(C[C@H]1CCCN1)Nc1ncc(Cc2ccc(F)c(F)c2)s1. The van der Waals surface area contributed by atoms with Crippen molar-refractivity contribution in [1.29, 1.82) is 0 Å². The second kappa shape index (κ2) is 7.14. The molecule has 3 rings (SSSR count). The van der Waals surface area contributed by atoms with E-state index in [0.717, 1.165) is 30.3 Å². The topological polar surface area (TPSA) is 54.0 Å². The minimum atomic E-state index is -0.857. The van der Waals surface area contributed by atoms with Crippen molar-refractivity contribution in [3.8, 4) is 0 Å². The number of amides is 1. The van der Waals surface area contributed by atoms with E-state index in [1.807, 2.05) is 0 Å². The number of carbonyl (C=O) groups excluding carboxylic acids is 1. The van der Waals surface area contributed by atoms with Gasteiger partial charge in [-0.2, -0.15) is 0 Å². The van der Waals surface area contributed by atoms with Crippen LogP contribution in [0.25, 0.3) is 0 Å². The second-order valence-corrected chi connectivity index (χ2v) is 6.72. The standard InChI is InChI=1S/C16H17F2N3OS/c17-13-4-3-10(7-14(13)18)6-12-9-20-16(23-12)21-15(22)8-11-2-1-5-19-11/h3-4,7,9,11,19H,1-2,5-6,8H2,(H,20,21,22)/t11-/m1/s1. The lowest BCUT2D eigenvalue weighted by atomic mass is 10.1. The molecule has 122 valence electrons. The fourth-order valence-corrected chi connectivity index (χ4v) is 3.49. The van der Waals surface area contributed by atoms with Gasteiger partial charge in [-0.15, -0.1) is 11.3 Å². The quantitative estimate of drug-likeness (QED) is 0.881. The number of hydrogen-bond donors (Lipinski definition) is 2. The highest BCUT2D eigenvalue weighted by Crippen LogP contribution is 2.22. The molecule has 4 nitrogen and oxygen atoms in total. The minimum Gasteiger partial charge on any atom is -0.313 e. The first-order valence-electron chi connectivity index (χ1n) is 7.52. The smallest absolute Gasteiger partial charge is 0.227 e. The molecule has 1 fully saturated rings. The number of halogens is 2. The van der Waals surface area contributed by atoms with Gasteiger partial charge in [0, 0.05) is 30.0 Å². The number of hydrogen-bond acceptors (Lipinski definition) is 4. The van der Waals surface area contributed by atoms with E-state index in [1.165, 1.54) is 17.4 Å². The Balaban J connectivity index is 1.56. The van der Waals surface area contributed by atoms with E-state index in [4.69, 9.17) is 0 Å². The third-order valence-corrected chi connectivity index (χ3v) is 4.67. The zero-order chi connectivity index (χ0) is 16.2. The predicted molar refractivity (Wildman–Crippen MR) is 85.5 cm³/mol. The number of carbonyl (C=O) groups is 1. The molecule has 2 aromatic rings. The summed E-state index contributed by atoms with van der Waals surface area (Å²) in [5, 5.41) is 6.60. The molecule has 1 amide bonds. The van der Waals surface area contributed by atoms with Gasteiger partial charge in [-0.05, 0) is 37.1 Å². The van der Waals surface area contributed by atoms with Crippen LogP contribution in [0.3, 0.4) is 0 Å². The highest BCUT2D eigenvalue weighted by Gasteiger charge is 2.18. The van der Waals surface area contributed by atoms with Crippen molar-refractivity contribution in [2.24, 2.45) is 0 Å². The van der Waals surface area contributed by atoms with Gasteiger partial charge in [-0.3, -0.25) is 4.79 Å². The maximum Gasteiger partial charge on any atom is 0.227 e. The van der Waals surface area contributed by atoms with E-state index in [-0.39, 0.29) is 11.9 Å². The average molecular weight is 337 g/mol. The van der Waals surface area contributed by atoms with Crippen molar-refractivity contribution >= 4 is 22.4 Å². The van der Waals surface area contributed by atoms with Crippen LogP contribution in [0.15, 0.2) is 24.4 Å². The molecule has 1 aliphatic heterocycles. The number of anilines is 1. The molecular weight excluding hydrogens is 320 g/mol. The van der Waals surface area contributed by atoms with Gasteiger partial charge >= 0.3 is 0 Å². The lowest BCUT2D eigenvalue weighted by molar-refractivity contribution is -0.116. The first-order valence-corrected chi connectivity index (χ1v) is 8.33. The summed E-state index contributed by atoms with van der Waals surface area (Å²) in [7, 11) is 0. The molecule has 1 aromatic heterocycles. The normalized spacial score (nSPS) is 17.4. The fourth-order valence-electron chi connectivity index (χ4n) is 2.62. The van der Waals surface area contributed by atoms with E-state index in [1.54, 1.807) is 12.3 Å². The van der Waals surface area contributed by atoms with E-state index in [2.05, 4.69) is 15.6 Å². The molecule has 0 aliphatic carbocycles. The Morgan fingerprint density at radius 1 is 1.39 bits per heavy atom. The molecular formula is C16H17F2N3OS. The van der Waals surface area contributed by atoms with Gasteiger partial charge in [0.25, 0.3) is 0 Å². The van der Waals surface area contributed by atoms with E-state index in [9.17, 15) is 13.6 Å². The van der Waals surface area contributed by atoms with Crippen LogP contribution in [0, 0.1) is 11.6 Å². The maximum atomic E-state index is 13.2. The van der Waals surface area contributed by atoms with Gasteiger partial charge in [-0.1, -0.05) is 6.07 Å². The minimum absolute atomic E-state index is 0.0573. The highest BCUT2D eigenvalue weighted by atomic mass is 32.1. The monoisotopic (exact) mass is 337 g/mol. The fraction of sp³-hybridized carbons (Fsp3) is 0.375. The van der Waals surface area contributed by atoms with Gasteiger partial charge in [0.05, 0.1) is 0 Å². The molecule has 1 saturated heterocycles. The summed E-state index contributed by atoms with van der Waals surface area (Å²) in [5.41, 5.74) is 0.667. The molecule has 1 atom stereocenters. The lowest BCUT2D eigenvalue weighted by Gasteiger charge is -2.08. The molecule has 23 heavy (non-hydrogen) atoms. The van der Waals surface area contributed by atoms with Crippen LogP contribution < -0.4 is 10.6 Å². The summed E-state index contributed by atoms with van der Waals surface area (Å²) in [5.74, 6) is -1.77. The van der Waals surface area contributed by atoms with Crippen LogP contribution in [0.1, 0.15) is 29.7 Å². The van der Waals surface area contributed by atoms with Crippen molar-refractivity contribution in [2.45, 2.75) is 31.7 Å². The molecule has 0 unspecified atom stereocenters. The molecule has 2 N–H and O–H groups in total. The third kappa shape index (κ3) is 4.33. The Hall–Kier alpha value is -1.86. The number of nitrogens with zero attached hydrogens (tertiary/aromatic N) is 1. The zero-order valence-corrected chi connectivity index (χ0v) is 13.3. The Morgan fingerprint density at radius 2 is 2.26 bits per heavy atom. The molecule has 7 heteroatoms. The number of nitrogens with one attached hydrogen (secondary N) is 2. The Kier molecular flexibility index (Phi) is 4.97. The number of aromatic nitrogens is 1. The van der Waals surface area contributed by atoms with E-state index >= 15 is 0 Å². The molecule has 0 bridgehead atoms. The van der Waals surface area contributed by atoms with Crippen molar-refractivity contribution in [2.75, 3.05) is 11.9 Å². The van der Waals surface area contributed by atoms with Gasteiger partial charge in [-0.25, -0.2) is 13.8 Å². The average Bonchev–Trinajstić information content (AvgIpc) is 3.15. The van der Waals surface area contributed by atoms with Crippen LogP contribution >= 0.6 is 11.3 Å². The number of rotatable bonds is 5. The Bertz CT molecular complexity index is 698. The third-order valence-electron chi connectivity index (χ3n) is 3.76. The molecule has 0 spiro atoms. The van der Waals surface area contributed by atoms with E-state index < -0.39 is 11.6 Å². The van der Waals surface area contributed by atoms with Crippen LogP contribution in [0.2, 0.25) is 0 Å². The van der Waals surface area contributed by atoms with E-state index in [0.29, 0.717) is 23.5 Å². The summed E-state index contributed by atoms with van der Waals surface area (Å²) in [6, 6.07) is 4.08. The first-order chi connectivity index (χ1) is 11.1. The lowest BCUT2D eigenvalue weighted by Crippen LogP contribution is -2.27. The van der Waals surface area contributed by atoms with Gasteiger partial charge in [0.2, 0.25) is 5.91 Å². The predicted octanol–water partition coefficient (Wildman–Crippen LogP) is 3.09. The van der Waals surface area contributed by atoms with Crippen LogP contribution in [0.5, 0.6) is 0 Å². The van der Waals surface area contributed by atoms with Crippen molar-refractivity contribution < 1.29 is 13.6 Å². The first kappa shape index (κ1) is 16.0. The molecule has 0 radical (unpaired) electrons. The molecule has 0 saturated carbocycles. The maximum absolute atomic E-state index is 13.2. The molecule has 2 heterocycles. The van der Waals surface area contributed by atoms with Gasteiger partial charge in [0.1, 0.15) is 0 Å². The Morgan fingerprint density at radius 3 is 3.00 bits per heavy atom.